The Kier molecular flexibility index (Phi) is 4.44. The molecular formula is C28H22F2N6O. The van der Waals surface area contributed by atoms with Crippen LogP contribution in [0.3, 0.4) is 0 Å². The van der Waals surface area contributed by atoms with E-state index >= 15 is 0 Å². The van der Waals surface area contributed by atoms with E-state index in [1.165, 1.54) is 18.2 Å². The molecule has 7 rings (SSSR count). The molecule has 1 aliphatic heterocycles. The second-order valence-electron chi connectivity index (χ2n) is 10.6. The molecule has 1 amide bonds. The van der Waals surface area contributed by atoms with Gasteiger partial charge in [-0.2, -0.15) is 5.10 Å². The summed E-state index contributed by atoms with van der Waals surface area (Å²) in [7, 11) is 0. The minimum absolute atomic E-state index is 0.0808. The molecule has 37 heavy (non-hydrogen) atoms. The number of halogens is 2. The number of carbonyl (C=O) groups excluding carboxylic acids is 1. The first-order valence-corrected chi connectivity index (χ1v) is 12.2. The van der Waals surface area contributed by atoms with Gasteiger partial charge in [0.2, 0.25) is 5.91 Å². The maximum atomic E-state index is 14.5. The first-order chi connectivity index (χ1) is 17.8. The molecule has 3 aromatic heterocycles. The number of hydrogen-bond acceptors (Lipinski definition) is 6. The number of anilines is 1. The van der Waals surface area contributed by atoms with Crippen molar-refractivity contribution in [3.05, 3.63) is 82.9 Å². The van der Waals surface area contributed by atoms with Crippen LogP contribution in [-0.4, -0.2) is 31.1 Å². The number of nitrogens with one attached hydrogen (secondary N) is 1. The van der Waals surface area contributed by atoms with Crippen molar-refractivity contribution in [2.75, 3.05) is 5.32 Å². The number of hydrogen-bond donors (Lipinski definition) is 1. The topological polar surface area (TPSA) is 93.6 Å². The fourth-order valence-electron chi connectivity index (χ4n) is 6.72. The van der Waals surface area contributed by atoms with Crippen molar-refractivity contribution in [2.24, 2.45) is 5.41 Å². The van der Waals surface area contributed by atoms with Crippen LogP contribution in [0.4, 0.5) is 14.6 Å². The molecule has 0 radical (unpaired) electrons. The van der Waals surface area contributed by atoms with Crippen LogP contribution in [0.25, 0.3) is 22.6 Å². The maximum Gasteiger partial charge on any atom is 0.230 e. The molecule has 1 fully saturated rings. The van der Waals surface area contributed by atoms with E-state index in [-0.39, 0.29) is 34.9 Å². The fourth-order valence-corrected chi connectivity index (χ4v) is 6.72. The van der Waals surface area contributed by atoms with Crippen LogP contribution in [0, 0.1) is 17.0 Å². The number of nitrogens with zero attached hydrogens (tertiary/aromatic N) is 5. The monoisotopic (exact) mass is 496 g/mol. The predicted octanol–water partition coefficient (Wildman–Crippen LogP) is 4.97. The highest BCUT2D eigenvalue weighted by atomic mass is 19.1. The number of aromatic nitrogens is 5. The Hall–Kier alpha value is -4.14. The minimum atomic E-state index is -0.660. The van der Waals surface area contributed by atoms with Gasteiger partial charge < -0.3 is 5.32 Å². The lowest BCUT2D eigenvalue weighted by atomic mass is 9.66. The Morgan fingerprint density at radius 3 is 2.68 bits per heavy atom. The zero-order chi connectivity index (χ0) is 25.5. The van der Waals surface area contributed by atoms with Gasteiger partial charge in [-0.1, -0.05) is 19.9 Å². The summed E-state index contributed by atoms with van der Waals surface area (Å²) in [6.07, 6.45) is 5.42. The summed E-state index contributed by atoms with van der Waals surface area (Å²) in [5.41, 5.74) is 3.42. The van der Waals surface area contributed by atoms with E-state index < -0.39 is 17.0 Å². The number of benzene rings is 1. The first-order valence-electron chi connectivity index (χ1n) is 12.2. The number of amides is 1. The molecule has 1 N–H and O–H groups in total. The van der Waals surface area contributed by atoms with Gasteiger partial charge in [-0.3, -0.25) is 4.79 Å². The second kappa shape index (κ2) is 7.44. The lowest BCUT2D eigenvalue weighted by molar-refractivity contribution is -0.115. The summed E-state index contributed by atoms with van der Waals surface area (Å²) in [4.78, 5) is 25.6. The van der Waals surface area contributed by atoms with Gasteiger partial charge in [0.05, 0.1) is 34.5 Å². The van der Waals surface area contributed by atoms with Gasteiger partial charge in [0.1, 0.15) is 17.5 Å². The molecule has 2 atom stereocenters. The number of pyridine rings is 1. The normalized spacial score (nSPS) is 22.6. The van der Waals surface area contributed by atoms with Gasteiger partial charge >= 0.3 is 0 Å². The average molecular weight is 497 g/mol. The van der Waals surface area contributed by atoms with Gasteiger partial charge in [-0.05, 0) is 60.1 Å². The molecule has 3 aliphatic rings. The van der Waals surface area contributed by atoms with Crippen molar-refractivity contribution >= 4 is 11.7 Å². The van der Waals surface area contributed by atoms with Crippen LogP contribution in [0.5, 0.6) is 0 Å². The summed E-state index contributed by atoms with van der Waals surface area (Å²) in [6.45, 7) is 4.40. The third-order valence-corrected chi connectivity index (χ3v) is 8.53. The zero-order valence-electron chi connectivity index (χ0n) is 20.2. The van der Waals surface area contributed by atoms with Crippen LogP contribution >= 0.6 is 0 Å². The number of fused-ring (bicyclic) bond motifs is 6. The van der Waals surface area contributed by atoms with Crippen molar-refractivity contribution in [3.8, 4) is 22.6 Å². The van der Waals surface area contributed by atoms with Gasteiger partial charge in [0, 0.05) is 23.5 Å². The third kappa shape index (κ3) is 2.91. The van der Waals surface area contributed by atoms with Gasteiger partial charge in [-0.25, -0.2) is 23.7 Å². The molecule has 0 spiro atoms. The van der Waals surface area contributed by atoms with Crippen LogP contribution in [-0.2, 0) is 16.6 Å². The van der Waals surface area contributed by atoms with Crippen LogP contribution in [0.15, 0.2) is 48.8 Å². The molecule has 2 bridgehead atoms. The fraction of sp³-hybridized carbons (Fsp3) is 0.286. The average Bonchev–Trinajstić information content (AvgIpc) is 3.45. The smallest absolute Gasteiger partial charge is 0.230 e. The molecule has 9 heteroatoms. The highest BCUT2D eigenvalue weighted by Gasteiger charge is 2.65. The van der Waals surface area contributed by atoms with Crippen molar-refractivity contribution in [3.63, 3.8) is 0 Å². The van der Waals surface area contributed by atoms with Crippen LogP contribution < -0.4 is 5.32 Å². The number of carbonyl (C=O) groups is 1. The Bertz CT molecular complexity index is 1620. The summed E-state index contributed by atoms with van der Waals surface area (Å²) < 4.78 is 29.1. The summed E-state index contributed by atoms with van der Waals surface area (Å²) in [5.74, 6) is -0.164. The third-order valence-electron chi connectivity index (χ3n) is 8.53. The van der Waals surface area contributed by atoms with Gasteiger partial charge in [-0.15, -0.1) is 5.10 Å². The molecule has 0 unspecified atom stereocenters. The molecule has 184 valence electrons. The molecule has 2 aliphatic carbocycles. The molecule has 0 saturated heterocycles. The molecule has 4 aromatic rings. The maximum absolute atomic E-state index is 14.5. The standard InChI is InChI=1S/C28H22F2N6O/c1-27(2)17-6-8-28(27,24-16(17)12-20(35-36-24)23-18(29)4-3-5-19(23)30)21-7-9-31-26(33-21)15-10-14-11-22(37)34-25(14)32-13-15/h3-5,7,9-10,12-13,17H,6,8,11H2,1-2H3,(H,32,34,37)/t17-,28-/m0/s1. The highest BCUT2D eigenvalue weighted by molar-refractivity contribution is 5.98. The minimum Gasteiger partial charge on any atom is -0.310 e. The SMILES string of the molecule is CC1(C)[C@H]2CC[C@]1(c1ccnc(-c3cnc4c(c3)CC(=O)N4)n1)c1nnc(-c3c(F)cccc3F)cc12. The van der Waals surface area contributed by atoms with E-state index in [9.17, 15) is 13.6 Å². The molecule has 7 nitrogen and oxygen atoms in total. The zero-order valence-corrected chi connectivity index (χ0v) is 20.2. The van der Waals surface area contributed by atoms with Crippen molar-refractivity contribution < 1.29 is 13.6 Å². The lowest BCUT2D eigenvalue weighted by Gasteiger charge is -2.37. The lowest BCUT2D eigenvalue weighted by Crippen LogP contribution is -2.38. The summed E-state index contributed by atoms with van der Waals surface area (Å²) in [5, 5.41) is 11.6. The summed E-state index contributed by atoms with van der Waals surface area (Å²) in [6, 6.07) is 9.42. The largest absolute Gasteiger partial charge is 0.310 e. The van der Waals surface area contributed by atoms with Crippen LogP contribution in [0.1, 0.15) is 55.1 Å². The quantitative estimate of drug-likeness (QED) is 0.430. The van der Waals surface area contributed by atoms with E-state index in [1.54, 1.807) is 18.5 Å². The van der Waals surface area contributed by atoms with Crippen molar-refractivity contribution in [1.82, 2.24) is 25.1 Å². The molecule has 4 heterocycles. The molecule has 1 saturated carbocycles. The van der Waals surface area contributed by atoms with E-state index in [0.29, 0.717) is 11.6 Å². The van der Waals surface area contributed by atoms with E-state index in [2.05, 4.69) is 39.3 Å². The Balaban J connectivity index is 1.36. The van der Waals surface area contributed by atoms with Gasteiger partial charge in [0.25, 0.3) is 0 Å². The molecule has 1 aromatic carbocycles. The Labute approximate surface area is 211 Å². The Morgan fingerprint density at radius 1 is 1.05 bits per heavy atom. The molecular weight excluding hydrogens is 474 g/mol. The second-order valence-corrected chi connectivity index (χ2v) is 10.6. The number of rotatable bonds is 3. The predicted molar refractivity (Wildman–Crippen MR) is 132 cm³/mol. The van der Waals surface area contributed by atoms with Gasteiger partial charge in [0.15, 0.2) is 5.82 Å². The van der Waals surface area contributed by atoms with Crippen LogP contribution in [0.2, 0.25) is 0 Å². The highest BCUT2D eigenvalue weighted by Crippen LogP contribution is 2.69. The van der Waals surface area contributed by atoms with E-state index in [1.807, 2.05) is 12.1 Å². The first kappa shape index (κ1) is 22.1. The van der Waals surface area contributed by atoms with E-state index in [0.717, 1.165) is 40.9 Å². The Morgan fingerprint density at radius 2 is 1.86 bits per heavy atom. The van der Waals surface area contributed by atoms with Crippen molar-refractivity contribution in [2.45, 2.75) is 44.4 Å². The van der Waals surface area contributed by atoms with E-state index in [4.69, 9.17) is 4.98 Å². The summed E-state index contributed by atoms with van der Waals surface area (Å²) >= 11 is 0. The van der Waals surface area contributed by atoms with Crippen molar-refractivity contribution in [1.29, 1.82) is 0 Å².